The lowest BCUT2D eigenvalue weighted by Gasteiger charge is -2.19. The highest BCUT2D eigenvalue weighted by atomic mass is 16.6. The molecule has 0 saturated heterocycles. The number of hydrogen-bond acceptors (Lipinski definition) is 2. The second kappa shape index (κ2) is 5.65. The van der Waals surface area contributed by atoms with Crippen molar-refractivity contribution in [1.82, 2.24) is 0 Å². The first-order chi connectivity index (χ1) is 9.24. The molecular weight excluding hydrogens is 238 g/mol. The highest BCUT2D eigenvalue weighted by Gasteiger charge is 2.14. The van der Waals surface area contributed by atoms with Crippen molar-refractivity contribution in [3.8, 4) is 11.1 Å². The largest absolute Gasteiger partial charge is 0.270 e. The van der Waals surface area contributed by atoms with Gasteiger partial charge in [-0.05, 0) is 35.1 Å². The quantitative estimate of drug-likeness (QED) is 0.590. The maximum atomic E-state index is 10.7. The Balaban J connectivity index is 0.000000637. The second-order valence-electron chi connectivity index (χ2n) is 4.29. The molecule has 1 aliphatic carbocycles. The third-order valence-electron chi connectivity index (χ3n) is 3.26. The minimum absolute atomic E-state index is 0.144. The van der Waals surface area contributed by atoms with E-state index in [9.17, 15) is 10.1 Å². The molecule has 0 atom stereocenters. The first-order valence-electron chi connectivity index (χ1n) is 6.61. The van der Waals surface area contributed by atoms with Gasteiger partial charge in [0.05, 0.1) is 4.92 Å². The summed E-state index contributed by atoms with van der Waals surface area (Å²) >= 11 is 0. The zero-order valence-electron chi connectivity index (χ0n) is 11.2. The first-order valence-corrected chi connectivity index (χ1v) is 6.61. The van der Waals surface area contributed by atoms with Crippen molar-refractivity contribution in [3.63, 3.8) is 0 Å². The molecule has 0 N–H and O–H groups in total. The number of nitro benzene ring substituents is 1. The fourth-order valence-electron chi connectivity index (χ4n) is 2.17. The van der Waals surface area contributed by atoms with Crippen molar-refractivity contribution < 1.29 is 4.92 Å². The van der Waals surface area contributed by atoms with Crippen LogP contribution in [0.2, 0.25) is 0 Å². The summed E-state index contributed by atoms with van der Waals surface area (Å²) in [6.07, 6.45) is 2.28. The summed E-state index contributed by atoms with van der Waals surface area (Å²) in [6.45, 7) is 4.00. The van der Waals surface area contributed by atoms with Crippen molar-refractivity contribution in [1.29, 1.82) is 0 Å². The van der Waals surface area contributed by atoms with E-state index in [1.54, 1.807) is 12.1 Å². The second-order valence-corrected chi connectivity index (χ2v) is 4.29. The van der Waals surface area contributed by atoms with Crippen LogP contribution in [0.4, 0.5) is 5.69 Å². The Morgan fingerprint density at radius 2 is 1.63 bits per heavy atom. The predicted molar refractivity (Wildman–Crippen MR) is 77.3 cm³/mol. The molecule has 98 valence electrons. The smallest absolute Gasteiger partial charge is 0.258 e. The summed E-state index contributed by atoms with van der Waals surface area (Å²) < 4.78 is 0. The van der Waals surface area contributed by atoms with Gasteiger partial charge in [-0.25, -0.2) is 0 Å². The fraction of sp³-hybridized carbons (Fsp3) is 0.250. The van der Waals surface area contributed by atoms with Gasteiger partial charge in [0.25, 0.3) is 5.69 Å². The molecule has 1 aliphatic rings. The summed E-state index contributed by atoms with van der Waals surface area (Å²) in [5.41, 5.74) is 4.89. The van der Waals surface area contributed by atoms with Crippen LogP contribution in [-0.4, -0.2) is 4.92 Å². The molecule has 3 rings (SSSR count). The molecule has 19 heavy (non-hydrogen) atoms. The Morgan fingerprint density at radius 1 is 0.947 bits per heavy atom. The monoisotopic (exact) mass is 255 g/mol. The van der Waals surface area contributed by atoms with Crippen LogP contribution in [0.15, 0.2) is 42.5 Å². The van der Waals surface area contributed by atoms with Gasteiger partial charge < -0.3 is 0 Å². The standard InChI is InChI=1S/C14H11NO2.C2H6/c16-15(17)14-3-1-2-11(9-14)13-7-5-10-4-6-12(10)8-13;1-2/h1-3,5,7-9H,4,6H2;1-2H3. The molecule has 0 aromatic heterocycles. The Kier molecular flexibility index (Phi) is 3.95. The Hall–Kier alpha value is -2.16. The van der Waals surface area contributed by atoms with Crippen LogP contribution in [0, 0.1) is 10.1 Å². The maximum Gasteiger partial charge on any atom is 0.270 e. The van der Waals surface area contributed by atoms with Crippen LogP contribution in [0.3, 0.4) is 0 Å². The normalized spacial score (nSPS) is 11.7. The van der Waals surface area contributed by atoms with Gasteiger partial charge in [-0.1, -0.05) is 44.2 Å². The van der Waals surface area contributed by atoms with E-state index < -0.39 is 0 Å². The van der Waals surface area contributed by atoms with Crippen molar-refractivity contribution >= 4 is 5.69 Å². The van der Waals surface area contributed by atoms with E-state index in [0.717, 1.165) is 24.0 Å². The van der Waals surface area contributed by atoms with E-state index in [2.05, 4.69) is 12.1 Å². The third-order valence-corrected chi connectivity index (χ3v) is 3.26. The number of aryl methyl sites for hydroxylation is 2. The van der Waals surface area contributed by atoms with Crippen molar-refractivity contribution in [2.24, 2.45) is 0 Å². The molecule has 3 nitrogen and oxygen atoms in total. The summed E-state index contributed by atoms with van der Waals surface area (Å²) in [5, 5.41) is 10.7. The maximum absolute atomic E-state index is 10.7. The number of rotatable bonds is 2. The molecule has 0 amide bonds. The number of hydrogen-bond donors (Lipinski definition) is 0. The summed E-state index contributed by atoms with van der Waals surface area (Å²) in [4.78, 5) is 10.4. The van der Waals surface area contributed by atoms with Gasteiger partial charge in [0.1, 0.15) is 0 Å². The molecule has 2 aromatic rings. The summed E-state index contributed by atoms with van der Waals surface area (Å²) in [6, 6.07) is 13.1. The van der Waals surface area contributed by atoms with Gasteiger partial charge in [0.15, 0.2) is 0 Å². The van der Waals surface area contributed by atoms with E-state index in [1.807, 2.05) is 26.0 Å². The zero-order chi connectivity index (χ0) is 13.8. The van der Waals surface area contributed by atoms with E-state index in [0.29, 0.717) is 0 Å². The van der Waals surface area contributed by atoms with Crippen LogP contribution in [-0.2, 0) is 12.8 Å². The summed E-state index contributed by atoms with van der Waals surface area (Å²) in [7, 11) is 0. The number of nitrogens with zero attached hydrogens (tertiary/aromatic N) is 1. The lowest BCUT2D eigenvalue weighted by molar-refractivity contribution is -0.384. The van der Waals surface area contributed by atoms with E-state index in [1.165, 1.54) is 17.2 Å². The lowest BCUT2D eigenvalue weighted by atomic mass is 9.86. The lowest BCUT2D eigenvalue weighted by Crippen LogP contribution is -2.07. The fourth-order valence-corrected chi connectivity index (χ4v) is 2.17. The SMILES string of the molecule is CC.O=[N+]([O-])c1cccc(-c2ccc3c(c2)CC3)c1. The highest BCUT2D eigenvalue weighted by molar-refractivity contribution is 5.68. The number of non-ortho nitro benzene ring substituents is 1. The topological polar surface area (TPSA) is 43.1 Å². The van der Waals surface area contributed by atoms with Gasteiger partial charge in [0.2, 0.25) is 0 Å². The Morgan fingerprint density at radius 3 is 2.21 bits per heavy atom. The van der Waals surface area contributed by atoms with E-state index in [4.69, 9.17) is 0 Å². The molecule has 0 radical (unpaired) electrons. The molecule has 2 aromatic carbocycles. The van der Waals surface area contributed by atoms with Gasteiger partial charge >= 0.3 is 0 Å². The van der Waals surface area contributed by atoms with Gasteiger partial charge in [-0.3, -0.25) is 10.1 Å². The van der Waals surface area contributed by atoms with Crippen LogP contribution in [0.25, 0.3) is 11.1 Å². The third kappa shape index (κ3) is 2.65. The molecule has 0 spiro atoms. The van der Waals surface area contributed by atoms with E-state index in [-0.39, 0.29) is 10.6 Å². The number of benzene rings is 2. The zero-order valence-corrected chi connectivity index (χ0v) is 11.2. The molecule has 0 heterocycles. The number of nitro groups is 1. The van der Waals surface area contributed by atoms with Crippen molar-refractivity contribution in [2.45, 2.75) is 26.7 Å². The van der Waals surface area contributed by atoms with Gasteiger partial charge in [-0.15, -0.1) is 0 Å². The Bertz CT molecular complexity index is 605. The molecule has 0 unspecified atom stereocenters. The number of fused-ring (bicyclic) bond motifs is 1. The molecule has 0 fully saturated rings. The van der Waals surface area contributed by atoms with Gasteiger partial charge in [0, 0.05) is 12.1 Å². The highest BCUT2D eigenvalue weighted by Crippen LogP contribution is 2.30. The first kappa shape index (κ1) is 13.3. The van der Waals surface area contributed by atoms with Crippen LogP contribution in [0.5, 0.6) is 0 Å². The minimum Gasteiger partial charge on any atom is -0.258 e. The molecule has 0 saturated carbocycles. The summed E-state index contributed by atoms with van der Waals surface area (Å²) in [5.74, 6) is 0. The van der Waals surface area contributed by atoms with Gasteiger partial charge in [-0.2, -0.15) is 0 Å². The average molecular weight is 255 g/mol. The van der Waals surface area contributed by atoms with Crippen LogP contribution < -0.4 is 0 Å². The van der Waals surface area contributed by atoms with Crippen molar-refractivity contribution in [2.75, 3.05) is 0 Å². The molecule has 0 bridgehead atoms. The molecule has 0 aliphatic heterocycles. The minimum atomic E-state index is -0.357. The predicted octanol–water partition coefficient (Wildman–Crippen LogP) is 4.39. The van der Waals surface area contributed by atoms with E-state index >= 15 is 0 Å². The molecule has 3 heteroatoms. The average Bonchev–Trinajstić information content (AvgIpc) is 2.43. The Labute approximate surface area is 113 Å². The van der Waals surface area contributed by atoms with Crippen molar-refractivity contribution in [3.05, 3.63) is 63.7 Å². The molecular formula is C16H17NO2. The van der Waals surface area contributed by atoms with Crippen LogP contribution >= 0.6 is 0 Å². The van der Waals surface area contributed by atoms with Crippen LogP contribution in [0.1, 0.15) is 25.0 Å².